The molecule has 2 aliphatic rings. The molecule has 0 aromatic heterocycles. The molecule has 1 unspecified atom stereocenters. The highest BCUT2D eigenvalue weighted by molar-refractivity contribution is 5.96. The van der Waals surface area contributed by atoms with Crippen molar-refractivity contribution in [2.24, 2.45) is 5.73 Å². The highest BCUT2D eigenvalue weighted by atomic mass is 35.5. The molecule has 21 heavy (non-hydrogen) atoms. The Balaban J connectivity index is 0.00000161. The van der Waals surface area contributed by atoms with E-state index >= 15 is 0 Å². The number of carbonyl (C=O) groups is 1. The van der Waals surface area contributed by atoms with Crippen LogP contribution in [0.4, 0.5) is 5.69 Å². The molecule has 0 saturated carbocycles. The number of likely N-dealkylation sites (tertiary alicyclic amines) is 1. The Bertz CT molecular complexity index is 494. The third kappa shape index (κ3) is 3.39. The number of aryl methyl sites for hydroxylation is 1. The average Bonchev–Trinajstić information content (AvgIpc) is 2.93. The number of nitrogens with two attached hydrogens (primary N) is 1. The van der Waals surface area contributed by atoms with Crippen molar-refractivity contribution in [3.63, 3.8) is 0 Å². The standard InChI is InChI=1S/C16H23N3O.ClH/c17-11-14-7-4-9-18(14)12-16(20)19-10-3-6-13-5-1-2-8-15(13)19;/h1-2,5,8,14H,3-4,6-7,9-12,17H2;1H. The molecule has 2 N–H and O–H groups in total. The summed E-state index contributed by atoms with van der Waals surface area (Å²) in [5.41, 5.74) is 8.19. The van der Waals surface area contributed by atoms with Crippen molar-refractivity contribution in [1.29, 1.82) is 0 Å². The monoisotopic (exact) mass is 309 g/mol. The summed E-state index contributed by atoms with van der Waals surface area (Å²) < 4.78 is 0. The van der Waals surface area contributed by atoms with Gasteiger partial charge in [0.05, 0.1) is 6.54 Å². The van der Waals surface area contributed by atoms with Crippen molar-refractivity contribution in [2.45, 2.75) is 31.7 Å². The van der Waals surface area contributed by atoms with Gasteiger partial charge >= 0.3 is 0 Å². The van der Waals surface area contributed by atoms with E-state index in [1.165, 1.54) is 5.56 Å². The van der Waals surface area contributed by atoms with Crippen LogP contribution >= 0.6 is 12.4 Å². The van der Waals surface area contributed by atoms with Gasteiger partial charge in [0.15, 0.2) is 0 Å². The smallest absolute Gasteiger partial charge is 0.241 e. The summed E-state index contributed by atoms with van der Waals surface area (Å²) in [4.78, 5) is 16.8. The Hall–Kier alpha value is -1.10. The highest BCUT2D eigenvalue weighted by Gasteiger charge is 2.28. The number of benzene rings is 1. The zero-order chi connectivity index (χ0) is 13.9. The first-order valence-corrected chi connectivity index (χ1v) is 7.62. The molecule has 2 heterocycles. The van der Waals surface area contributed by atoms with Crippen LogP contribution < -0.4 is 10.6 Å². The number of fused-ring (bicyclic) bond motifs is 1. The van der Waals surface area contributed by atoms with E-state index in [9.17, 15) is 4.79 Å². The summed E-state index contributed by atoms with van der Waals surface area (Å²) in [5.74, 6) is 0.220. The zero-order valence-corrected chi connectivity index (χ0v) is 13.1. The predicted molar refractivity (Wildman–Crippen MR) is 88.0 cm³/mol. The van der Waals surface area contributed by atoms with Crippen LogP contribution in [0.15, 0.2) is 24.3 Å². The van der Waals surface area contributed by atoms with E-state index < -0.39 is 0 Å². The number of amides is 1. The zero-order valence-electron chi connectivity index (χ0n) is 12.3. The van der Waals surface area contributed by atoms with Crippen LogP contribution in [0.3, 0.4) is 0 Å². The van der Waals surface area contributed by atoms with E-state index in [1.807, 2.05) is 11.0 Å². The van der Waals surface area contributed by atoms with Gasteiger partial charge in [-0.2, -0.15) is 0 Å². The van der Waals surface area contributed by atoms with Crippen LogP contribution in [-0.4, -0.2) is 43.0 Å². The maximum Gasteiger partial charge on any atom is 0.241 e. The second kappa shape index (κ2) is 7.25. The van der Waals surface area contributed by atoms with Crippen LogP contribution in [0.1, 0.15) is 24.8 Å². The van der Waals surface area contributed by atoms with Gasteiger partial charge < -0.3 is 10.6 Å². The Morgan fingerprint density at radius 2 is 2.05 bits per heavy atom. The van der Waals surface area contributed by atoms with E-state index in [-0.39, 0.29) is 18.3 Å². The van der Waals surface area contributed by atoms with Crippen LogP contribution in [-0.2, 0) is 11.2 Å². The van der Waals surface area contributed by atoms with Crippen molar-refractivity contribution in [1.82, 2.24) is 4.90 Å². The van der Waals surface area contributed by atoms with E-state index in [2.05, 4.69) is 23.1 Å². The Morgan fingerprint density at radius 3 is 2.86 bits per heavy atom. The molecule has 116 valence electrons. The summed E-state index contributed by atoms with van der Waals surface area (Å²) in [7, 11) is 0. The van der Waals surface area contributed by atoms with Crippen molar-refractivity contribution in [3.05, 3.63) is 29.8 Å². The topological polar surface area (TPSA) is 49.6 Å². The van der Waals surface area contributed by atoms with Gasteiger partial charge in [-0.25, -0.2) is 0 Å². The molecule has 1 aromatic rings. The summed E-state index contributed by atoms with van der Waals surface area (Å²) in [6, 6.07) is 8.66. The first-order chi connectivity index (χ1) is 9.79. The SMILES string of the molecule is Cl.NCC1CCCN1CC(=O)N1CCCc2ccccc21. The lowest BCUT2D eigenvalue weighted by Crippen LogP contribution is -2.45. The number of halogens is 1. The van der Waals surface area contributed by atoms with Crippen LogP contribution in [0.2, 0.25) is 0 Å². The average molecular weight is 310 g/mol. The van der Waals surface area contributed by atoms with E-state index in [0.717, 1.165) is 44.5 Å². The van der Waals surface area contributed by atoms with Gasteiger partial charge in [0, 0.05) is 24.8 Å². The number of hydrogen-bond acceptors (Lipinski definition) is 3. The summed E-state index contributed by atoms with van der Waals surface area (Å²) >= 11 is 0. The first kappa shape index (κ1) is 16.3. The normalized spacial score (nSPS) is 21.8. The Labute approximate surface area is 132 Å². The van der Waals surface area contributed by atoms with Gasteiger partial charge in [-0.3, -0.25) is 9.69 Å². The molecule has 0 radical (unpaired) electrons. The second-order valence-electron chi connectivity index (χ2n) is 5.78. The molecule has 1 aromatic carbocycles. The van der Waals surface area contributed by atoms with Gasteiger partial charge in [0.25, 0.3) is 0 Å². The van der Waals surface area contributed by atoms with Crippen molar-refractivity contribution >= 4 is 24.0 Å². The minimum atomic E-state index is 0. The molecule has 1 amide bonds. The second-order valence-corrected chi connectivity index (χ2v) is 5.78. The van der Waals surface area contributed by atoms with Crippen molar-refractivity contribution < 1.29 is 4.79 Å². The van der Waals surface area contributed by atoms with Gasteiger partial charge in [0.2, 0.25) is 5.91 Å². The van der Waals surface area contributed by atoms with Crippen LogP contribution in [0.25, 0.3) is 0 Å². The maximum atomic E-state index is 12.6. The number of carbonyl (C=O) groups excluding carboxylic acids is 1. The number of rotatable bonds is 3. The predicted octanol–water partition coefficient (Wildman–Crippen LogP) is 1.81. The number of nitrogens with zero attached hydrogens (tertiary/aromatic N) is 2. The largest absolute Gasteiger partial charge is 0.329 e. The minimum absolute atomic E-state index is 0. The molecule has 1 fully saturated rings. The van der Waals surface area contributed by atoms with Gasteiger partial charge in [0.1, 0.15) is 0 Å². The molecule has 1 atom stereocenters. The molecule has 0 spiro atoms. The number of para-hydroxylation sites is 1. The lowest BCUT2D eigenvalue weighted by Gasteiger charge is -2.32. The molecule has 3 rings (SSSR count). The van der Waals surface area contributed by atoms with Crippen molar-refractivity contribution in [2.75, 3.05) is 31.1 Å². The van der Waals surface area contributed by atoms with Crippen molar-refractivity contribution in [3.8, 4) is 0 Å². The molecule has 0 aliphatic carbocycles. The fourth-order valence-corrected chi connectivity index (χ4v) is 3.42. The third-order valence-corrected chi connectivity index (χ3v) is 4.52. The molecular weight excluding hydrogens is 286 g/mol. The lowest BCUT2D eigenvalue weighted by atomic mass is 10.0. The van der Waals surface area contributed by atoms with Gasteiger partial charge in [-0.05, 0) is 43.9 Å². The van der Waals surface area contributed by atoms with Gasteiger partial charge in [-0.15, -0.1) is 12.4 Å². The molecule has 0 bridgehead atoms. The molecule has 5 heteroatoms. The molecular formula is C16H24ClN3O. The number of anilines is 1. The summed E-state index contributed by atoms with van der Waals surface area (Å²) in [6.07, 6.45) is 4.42. The van der Waals surface area contributed by atoms with Crippen LogP contribution in [0.5, 0.6) is 0 Å². The quantitative estimate of drug-likeness (QED) is 0.926. The number of hydrogen-bond donors (Lipinski definition) is 1. The van der Waals surface area contributed by atoms with E-state index in [1.54, 1.807) is 0 Å². The van der Waals surface area contributed by atoms with E-state index in [0.29, 0.717) is 19.1 Å². The molecule has 4 nitrogen and oxygen atoms in total. The lowest BCUT2D eigenvalue weighted by molar-refractivity contribution is -0.120. The van der Waals surface area contributed by atoms with E-state index in [4.69, 9.17) is 5.73 Å². The maximum absolute atomic E-state index is 12.6. The molecule has 1 saturated heterocycles. The summed E-state index contributed by atoms with van der Waals surface area (Å²) in [5, 5.41) is 0. The fraction of sp³-hybridized carbons (Fsp3) is 0.562. The highest BCUT2D eigenvalue weighted by Crippen LogP contribution is 2.27. The Morgan fingerprint density at radius 1 is 1.24 bits per heavy atom. The minimum Gasteiger partial charge on any atom is -0.329 e. The van der Waals surface area contributed by atoms with Gasteiger partial charge in [-0.1, -0.05) is 18.2 Å². The Kier molecular flexibility index (Phi) is 5.62. The fourth-order valence-electron chi connectivity index (χ4n) is 3.42. The molecule has 2 aliphatic heterocycles. The first-order valence-electron chi connectivity index (χ1n) is 7.62. The third-order valence-electron chi connectivity index (χ3n) is 4.52. The summed E-state index contributed by atoms with van der Waals surface area (Å²) in [6.45, 7) is 3.01. The van der Waals surface area contributed by atoms with Crippen LogP contribution in [0, 0.1) is 0 Å².